The number of ether oxygens (including phenoxy) is 1. The molecular formula is C22H23BrN3O4S-. The van der Waals surface area contributed by atoms with Crippen LogP contribution in [0.15, 0.2) is 40.1 Å². The van der Waals surface area contributed by atoms with Gasteiger partial charge in [-0.15, -0.1) is 11.3 Å². The van der Waals surface area contributed by atoms with Crippen molar-refractivity contribution >= 4 is 39.0 Å². The van der Waals surface area contributed by atoms with Gasteiger partial charge in [-0.2, -0.15) is 0 Å². The van der Waals surface area contributed by atoms with Gasteiger partial charge >= 0.3 is 0 Å². The van der Waals surface area contributed by atoms with E-state index >= 15 is 0 Å². The highest BCUT2D eigenvalue weighted by molar-refractivity contribution is 9.10. The van der Waals surface area contributed by atoms with Crippen LogP contribution in [0.25, 0.3) is 0 Å². The quantitative estimate of drug-likeness (QED) is 0.560. The first-order chi connectivity index (χ1) is 14.9. The Hall–Kier alpha value is -2.07. The van der Waals surface area contributed by atoms with Crippen LogP contribution in [0.4, 0.5) is 0 Å². The van der Waals surface area contributed by atoms with E-state index in [4.69, 9.17) is 4.74 Å². The molecule has 0 bridgehead atoms. The topological polar surface area (TPSA) is 85.8 Å². The highest BCUT2D eigenvalue weighted by Crippen LogP contribution is 2.39. The largest absolute Gasteiger partial charge is 0.868 e. The van der Waals surface area contributed by atoms with E-state index in [0.717, 1.165) is 28.1 Å². The van der Waals surface area contributed by atoms with Crippen molar-refractivity contribution in [2.24, 2.45) is 0 Å². The van der Waals surface area contributed by atoms with Crippen molar-refractivity contribution in [1.82, 2.24) is 14.8 Å². The van der Waals surface area contributed by atoms with Crippen molar-refractivity contribution in [3.8, 4) is 0 Å². The molecule has 1 saturated heterocycles. The summed E-state index contributed by atoms with van der Waals surface area (Å²) < 4.78 is 6.21. The lowest BCUT2D eigenvalue weighted by Gasteiger charge is -2.32. The number of benzene rings is 1. The second-order valence-corrected chi connectivity index (χ2v) is 9.75. The average Bonchev–Trinajstić information content (AvgIpc) is 3.22. The Morgan fingerprint density at radius 1 is 1.29 bits per heavy atom. The van der Waals surface area contributed by atoms with Crippen LogP contribution in [0.1, 0.15) is 32.0 Å². The zero-order chi connectivity index (χ0) is 22.1. The van der Waals surface area contributed by atoms with E-state index in [9.17, 15) is 14.7 Å². The predicted octanol–water partition coefficient (Wildman–Crippen LogP) is 2.24. The SMILES string of the molecule is Cc1nc(C)c(C(=O)C2=C([O-])C(=O)N(CCN3CCOCC3)C2c2cccc(Br)c2)s1. The number of Topliss-reactive ketones (excluding diaryl/α,β-unsaturated/α-hetero) is 1. The van der Waals surface area contributed by atoms with Gasteiger partial charge in [-0.3, -0.25) is 14.5 Å². The minimum absolute atomic E-state index is 0.0110. The van der Waals surface area contributed by atoms with Crippen LogP contribution in [-0.4, -0.2) is 65.9 Å². The van der Waals surface area contributed by atoms with Crippen LogP contribution in [0.3, 0.4) is 0 Å². The molecule has 1 atom stereocenters. The van der Waals surface area contributed by atoms with Gasteiger partial charge in [0.2, 0.25) is 11.7 Å². The molecule has 0 spiro atoms. The highest BCUT2D eigenvalue weighted by atomic mass is 79.9. The molecule has 4 rings (SSSR count). The Bertz CT molecular complexity index is 1050. The normalized spacial score (nSPS) is 20.0. The Kier molecular flexibility index (Phi) is 6.57. The monoisotopic (exact) mass is 504 g/mol. The lowest BCUT2D eigenvalue weighted by atomic mass is 9.95. The van der Waals surface area contributed by atoms with Crippen LogP contribution >= 0.6 is 27.3 Å². The van der Waals surface area contributed by atoms with Gasteiger partial charge in [0.25, 0.3) is 0 Å². The number of nitrogens with zero attached hydrogens (tertiary/aromatic N) is 3. The lowest BCUT2D eigenvalue weighted by Crippen LogP contribution is -2.43. The van der Waals surface area contributed by atoms with Crippen molar-refractivity contribution in [2.45, 2.75) is 19.9 Å². The molecular weight excluding hydrogens is 482 g/mol. The van der Waals surface area contributed by atoms with Crippen LogP contribution in [0.2, 0.25) is 0 Å². The Labute approximate surface area is 193 Å². The number of thiazole rings is 1. The summed E-state index contributed by atoms with van der Waals surface area (Å²) in [5.41, 5.74) is 1.33. The number of aryl methyl sites for hydroxylation is 2. The summed E-state index contributed by atoms with van der Waals surface area (Å²) >= 11 is 4.72. The van der Waals surface area contributed by atoms with Gasteiger partial charge < -0.3 is 14.7 Å². The number of hydrogen-bond acceptors (Lipinski definition) is 7. The van der Waals surface area contributed by atoms with Crippen molar-refractivity contribution in [3.05, 3.63) is 61.2 Å². The number of carbonyl (C=O) groups excluding carboxylic acids is 2. The van der Waals surface area contributed by atoms with Crippen LogP contribution in [0, 0.1) is 13.8 Å². The molecule has 0 N–H and O–H groups in total. The number of aromatic nitrogens is 1. The molecule has 2 aliphatic rings. The number of amides is 1. The third-order valence-electron chi connectivity index (χ3n) is 5.56. The molecule has 1 amide bonds. The molecule has 164 valence electrons. The smallest absolute Gasteiger partial charge is 0.240 e. The molecule has 1 unspecified atom stereocenters. The molecule has 3 heterocycles. The fourth-order valence-electron chi connectivity index (χ4n) is 4.06. The summed E-state index contributed by atoms with van der Waals surface area (Å²) in [6, 6.07) is 6.71. The Morgan fingerprint density at radius 2 is 2.03 bits per heavy atom. The molecule has 2 aliphatic heterocycles. The lowest BCUT2D eigenvalue weighted by molar-refractivity contribution is -0.299. The number of ketones is 1. The number of halogens is 1. The Balaban J connectivity index is 1.70. The first-order valence-corrected chi connectivity index (χ1v) is 11.7. The van der Waals surface area contributed by atoms with Crippen molar-refractivity contribution < 1.29 is 19.4 Å². The van der Waals surface area contributed by atoms with E-state index in [1.54, 1.807) is 6.92 Å². The first-order valence-electron chi connectivity index (χ1n) is 10.1. The standard InChI is InChI=1S/C22H24BrN3O4S/c1-13-21(31-14(2)24-13)19(27)17-18(15-4-3-5-16(23)12-15)26(22(29)20(17)28)7-6-25-8-10-30-11-9-25/h3-5,12,18,28H,6-11H2,1-2H3/p-1. The van der Waals surface area contributed by atoms with Crippen LogP contribution in [-0.2, 0) is 9.53 Å². The van der Waals surface area contributed by atoms with Gasteiger partial charge in [-0.25, -0.2) is 4.98 Å². The van der Waals surface area contributed by atoms with E-state index in [-0.39, 0.29) is 5.57 Å². The van der Waals surface area contributed by atoms with Crippen LogP contribution < -0.4 is 5.11 Å². The molecule has 0 aliphatic carbocycles. The molecule has 1 aromatic carbocycles. The van der Waals surface area contributed by atoms with E-state index in [0.29, 0.717) is 36.9 Å². The van der Waals surface area contributed by atoms with E-state index < -0.39 is 23.5 Å². The van der Waals surface area contributed by atoms with Gasteiger partial charge in [0.15, 0.2) is 0 Å². The minimum Gasteiger partial charge on any atom is -0.868 e. The zero-order valence-corrected chi connectivity index (χ0v) is 19.8. The minimum atomic E-state index is -0.720. The first kappa shape index (κ1) is 22.1. The van der Waals surface area contributed by atoms with E-state index in [1.165, 1.54) is 16.2 Å². The van der Waals surface area contributed by atoms with Gasteiger partial charge in [0.05, 0.1) is 34.8 Å². The maximum absolute atomic E-state index is 13.5. The summed E-state index contributed by atoms with van der Waals surface area (Å²) in [6.45, 7) is 7.43. The zero-order valence-electron chi connectivity index (χ0n) is 17.4. The highest BCUT2D eigenvalue weighted by Gasteiger charge is 2.40. The molecule has 0 saturated carbocycles. The molecule has 7 nitrogen and oxygen atoms in total. The third-order valence-corrected chi connectivity index (χ3v) is 7.13. The van der Waals surface area contributed by atoms with Crippen molar-refractivity contribution in [3.63, 3.8) is 0 Å². The molecule has 9 heteroatoms. The maximum Gasteiger partial charge on any atom is 0.240 e. The van der Waals surface area contributed by atoms with Gasteiger partial charge in [-0.05, 0) is 37.3 Å². The second kappa shape index (κ2) is 9.20. The fourth-order valence-corrected chi connectivity index (χ4v) is 5.35. The number of hydrogen-bond donors (Lipinski definition) is 0. The van der Waals surface area contributed by atoms with E-state index in [1.807, 2.05) is 31.2 Å². The van der Waals surface area contributed by atoms with E-state index in [2.05, 4.69) is 25.8 Å². The van der Waals surface area contributed by atoms with Crippen molar-refractivity contribution in [1.29, 1.82) is 0 Å². The second-order valence-electron chi connectivity index (χ2n) is 7.63. The maximum atomic E-state index is 13.5. The summed E-state index contributed by atoms with van der Waals surface area (Å²) in [6.07, 6.45) is 0. The van der Waals surface area contributed by atoms with Crippen molar-refractivity contribution in [2.75, 3.05) is 39.4 Å². The number of rotatable bonds is 6. The summed E-state index contributed by atoms with van der Waals surface area (Å²) in [7, 11) is 0. The molecule has 1 aromatic heterocycles. The Morgan fingerprint density at radius 3 is 2.68 bits per heavy atom. The molecule has 2 aromatic rings. The molecule has 31 heavy (non-hydrogen) atoms. The fraction of sp³-hybridized carbons (Fsp3) is 0.409. The summed E-state index contributed by atoms with van der Waals surface area (Å²) in [4.78, 5) is 35.0. The number of carbonyl (C=O) groups is 2. The van der Waals surface area contributed by atoms with Crippen LogP contribution in [0.5, 0.6) is 0 Å². The third kappa shape index (κ3) is 4.45. The average molecular weight is 505 g/mol. The summed E-state index contributed by atoms with van der Waals surface area (Å²) in [5.74, 6) is -1.75. The van der Waals surface area contributed by atoms with Gasteiger partial charge in [0, 0.05) is 36.2 Å². The van der Waals surface area contributed by atoms with Gasteiger partial charge in [0.1, 0.15) is 0 Å². The summed E-state index contributed by atoms with van der Waals surface area (Å²) in [5, 5.41) is 13.8. The molecule has 1 fully saturated rings. The predicted molar refractivity (Wildman–Crippen MR) is 119 cm³/mol. The number of morpholine rings is 1. The van der Waals surface area contributed by atoms with Gasteiger partial charge in [-0.1, -0.05) is 28.1 Å². The molecule has 0 radical (unpaired) electrons.